The SMILES string of the molecule is CCCCSCCCCC#N. The Labute approximate surface area is 74.2 Å². The quantitative estimate of drug-likeness (QED) is 0.549. The summed E-state index contributed by atoms with van der Waals surface area (Å²) in [6.45, 7) is 2.22. The molecule has 0 aromatic rings. The molecule has 0 aromatic heterocycles. The van der Waals surface area contributed by atoms with Crippen LogP contribution in [0.1, 0.15) is 39.0 Å². The van der Waals surface area contributed by atoms with Crippen LogP contribution in [-0.4, -0.2) is 11.5 Å². The summed E-state index contributed by atoms with van der Waals surface area (Å²) in [7, 11) is 0. The third-order valence-corrected chi connectivity index (χ3v) is 2.62. The molecule has 0 heterocycles. The Kier molecular flexibility index (Phi) is 9.70. The van der Waals surface area contributed by atoms with Gasteiger partial charge in [0.2, 0.25) is 0 Å². The molecule has 0 radical (unpaired) electrons. The lowest BCUT2D eigenvalue weighted by Crippen LogP contribution is -1.83. The normalized spacial score (nSPS) is 9.45. The summed E-state index contributed by atoms with van der Waals surface area (Å²) in [6, 6.07) is 2.16. The molecule has 0 fully saturated rings. The van der Waals surface area contributed by atoms with Gasteiger partial charge in [-0.25, -0.2) is 0 Å². The van der Waals surface area contributed by atoms with Crippen LogP contribution in [0, 0.1) is 11.3 Å². The Morgan fingerprint density at radius 2 is 1.91 bits per heavy atom. The van der Waals surface area contributed by atoms with Gasteiger partial charge >= 0.3 is 0 Å². The van der Waals surface area contributed by atoms with Gasteiger partial charge in [0.05, 0.1) is 6.07 Å². The molecule has 0 rings (SSSR count). The van der Waals surface area contributed by atoms with E-state index in [2.05, 4.69) is 13.0 Å². The van der Waals surface area contributed by atoms with Crippen molar-refractivity contribution in [2.24, 2.45) is 0 Å². The molecule has 1 nitrogen and oxygen atoms in total. The van der Waals surface area contributed by atoms with Gasteiger partial charge in [-0.3, -0.25) is 0 Å². The van der Waals surface area contributed by atoms with Crippen molar-refractivity contribution in [3.05, 3.63) is 0 Å². The first-order chi connectivity index (χ1) is 5.41. The third kappa shape index (κ3) is 9.84. The van der Waals surface area contributed by atoms with Crippen molar-refractivity contribution in [3.63, 3.8) is 0 Å². The lowest BCUT2D eigenvalue weighted by atomic mass is 10.3. The van der Waals surface area contributed by atoms with Crippen LogP contribution >= 0.6 is 11.8 Å². The van der Waals surface area contributed by atoms with E-state index in [0.717, 1.165) is 12.8 Å². The minimum Gasteiger partial charge on any atom is -0.198 e. The predicted molar refractivity (Wildman–Crippen MR) is 51.7 cm³/mol. The fraction of sp³-hybridized carbons (Fsp3) is 0.889. The fourth-order valence-electron chi connectivity index (χ4n) is 0.757. The first kappa shape index (κ1) is 10.8. The van der Waals surface area contributed by atoms with Crippen LogP contribution in [0.3, 0.4) is 0 Å². The number of thioether (sulfide) groups is 1. The van der Waals surface area contributed by atoms with Crippen molar-refractivity contribution < 1.29 is 0 Å². The molecular weight excluding hydrogens is 154 g/mol. The zero-order chi connectivity index (χ0) is 8.36. The van der Waals surface area contributed by atoms with E-state index < -0.39 is 0 Å². The van der Waals surface area contributed by atoms with Gasteiger partial charge in [0.1, 0.15) is 0 Å². The Hall–Kier alpha value is -0.160. The average molecular weight is 171 g/mol. The van der Waals surface area contributed by atoms with Crippen LogP contribution in [0.15, 0.2) is 0 Å². The lowest BCUT2D eigenvalue weighted by Gasteiger charge is -1.97. The van der Waals surface area contributed by atoms with E-state index in [-0.39, 0.29) is 0 Å². The van der Waals surface area contributed by atoms with Crippen molar-refractivity contribution in [2.75, 3.05) is 11.5 Å². The van der Waals surface area contributed by atoms with Crippen molar-refractivity contribution in [1.29, 1.82) is 5.26 Å². The molecule has 0 saturated carbocycles. The zero-order valence-corrected chi connectivity index (χ0v) is 8.12. The summed E-state index contributed by atoms with van der Waals surface area (Å²) in [6.07, 6.45) is 5.65. The van der Waals surface area contributed by atoms with Gasteiger partial charge < -0.3 is 0 Å². The summed E-state index contributed by atoms with van der Waals surface area (Å²) in [5.41, 5.74) is 0. The lowest BCUT2D eigenvalue weighted by molar-refractivity contribution is 0.827. The molecule has 11 heavy (non-hydrogen) atoms. The van der Waals surface area contributed by atoms with Gasteiger partial charge in [-0.1, -0.05) is 13.3 Å². The average Bonchev–Trinajstić information content (AvgIpc) is 2.03. The predicted octanol–water partition coefficient (Wildman–Crippen LogP) is 3.21. The molecule has 0 unspecified atom stereocenters. The van der Waals surface area contributed by atoms with Crippen LogP contribution in [-0.2, 0) is 0 Å². The molecule has 0 aromatic carbocycles. The van der Waals surface area contributed by atoms with E-state index in [1.54, 1.807) is 0 Å². The molecule has 0 aliphatic rings. The van der Waals surface area contributed by atoms with Crippen LogP contribution in [0.25, 0.3) is 0 Å². The van der Waals surface area contributed by atoms with E-state index in [9.17, 15) is 0 Å². The highest BCUT2D eigenvalue weighted by Crippen LogP contribution is 2.08. The third-order valence-electron chi connectivity index (χ3n) is 1.47. The van der Waals surface area contributed by atoms with Crippen molar-refractivity contribution in [1.82, 2.24) is 0 Å². The Balaban J connectivity index is 2.75. The van der Waals surface area contributed by atoms with Crippen molar-refractivity contribution in [2.45, 2.75) is 39.0 Å². The number of hydrogen-bond acceptors (Lipinski definition) is 2. The van der Waals surface area contributed by atoms with Crippen LogP contribution in [0.5, 0.6) is 0 Å². The number of hydrogen-bond donors (Lipinski definition) is 0. The highest BCUT2D eigenvalue weighted by molar-refractivity contribution is 7.99. The molecule has 64 valence electrons. The fourth-order valence-corrected chi connectivity index (χ4v) is 1.86. The van der Waals surface area contributed by atoms with E-state index in [4.69, 9.17) is 5.26 Å². The minimum absolute atomic E-state index is 0.730. The number of rotatable bonds is 7. The molecule has 0 aliphatic heterocycles. The minimum atomic E-state index is 0.730. The monoisotopic (exact) mass is 171 g/mol. The summed E-state index contributed by atoms with van der Waals surface area (Å²) in [4.78, 5) is 0. The summed E-state index contributed by atoms with van der Waals surface area (Å²) in [5, 5.41) is 8.25. The first-order valence-electron chi connectivity index (χ1n) is 4.36. The molecule has 0 bridgehead atoms. The maximum absolute atomic E-state index is 8.25. The number of unbranched alkanes of at least 4 members (excludes halogenated alkanes) is 3. The van der Waals surface area contributed by atoms with Gasteiger partial charge in [-0.05, 0) is 30.8 Å². The second kappa shape index (κ2) is 9.84. The summed E-state index contributed by atoms with van der Waals surface area (Å²) in [5.74, 6) is 2.53. The van der Waals surface area contributed by atoms with Crippen LogP contribution < -0.4 is 0 Å². The maximum atomic E-state index is 8.25. The first-order valence-corrected chi connectivity index (χ1v) is 5.52. The van der Waals surface area contributed by atoms with Crippen molar-refractivity contribution >= 4 is 11.8 Å². The number of nitrogens with zero attached hydrogens (tertiary/aromatic N) is 1. The van der Waals surface area contributed by atoms with E-state index in [1.165, 1.54) is 30.8 Å². The zero-order valence-electron chi connectivity index (χ0n) is 7.31. The molecule has 0 spiro atoms. The van der Waals surface area contributed by atoms with E-state index >= 15 is 0 Å². The summed E-state index contributed by atoms with van der Waals surface area (Å²) < 4.78 is 0. The summed E-state index contributed by atoms with van der Waals surface area (Å²) >= 11 is 2.02. The standard InChI is InChI=1S/C9H17NS/c1-2-3-8-11-9-6-4-5-7-10/h2-6,8-9H2,1H3. The van der Waals surface area contributed by atoms with Crippen LogP contribution in [0.4, 0.5) is 0 Å². The molecular formula is C9H17NS. The molecule has 2 heteroatoms. The highest BCUT2D eigenvalue weighted by Gasteiger charge is 1.89. The van der Waals surface area contributed by atoms with Gasteiger partial charge in [0.25, 0.3) is 0 Å². The molecule has 0 amide bonds. The molecule has 0 N–H and O–H groups in total. The number of nitriles is 1. The Morgan fingerprint density at radius 1 is 1.18 bits per heavy atom. The van der Waals surface area contributed by atoms with Gasteiger partial charge in [0, 0.05) is 6.42 Å². The Bertz CT molecular complexity index is 107. The van der Waals surface area contributed by atoms with Gasteiger partial charge in [0.15, 0.2) is 0 Å². The largest absolute Gasteiger partial charge is 0.198 e. The van der Waals surface area contributed by atoms with Crippen molar-refractivity contribution in [3.8, 4) is 6.07 Å². The van der Waals surface area contributed by atoms with Crippen LogP contribution in [0.2, 0.25) is 0 Å². The molecule has 0 saturated heterocycles. The van der Waals surface area contributed by atoms with Gasteiger partial charge in [-0.15, -0.1) is 0 Å². The smallest absolute Gasteiger partial charge is 0.0621 e. The highest BCUT2D eigenvalue weighted by atomic mass is 32.2. The Morgan fingerprint density at radius 3 is 2.55 bits per heavy atom. The van der Waals surface area contributed by atoms with Gasteiger partial charge in [-0.2, -0.15) is 17.0 Å². The van der Waals surface area contributed by atoms with E-state index in [1.807, 2.05) is 11.8 Å². The molecule has 0 atom stereocenters. The molecule has 0 aliphatic carbocycles. The maximum Gasteiger partial charge on any atom is 0.0621 e. The second-order valence-electron chi connectivity index (χ2n) is 2.58. The second-order valence-corrected chi connectivity index (χ2v) is 3.81. The topological polar surface area (TPSA) is 23.8 Å². The van der Waals surface area contributed by atoms with E-state index in [0.29, 0.717) is 0 Å².